The number of rotatable bonds is 4. The summed E-state index contributed by atoms with van der Waals surface area (Å²) in [6, 6.07) is 1.27. The molecule has 0 saturated heterocycles. The number of halogens is 1. The minimum Gasteiger partial charge on any atom is -0.494 e. The summed E-state index contributed by atoms with van der Waals surface area (Å²) >= 11 is 0. The topological polar surface area (TPSA) is 77.8 Å². The predicted molar refractivity (Wildman–Crippen MR) is 76.5 cm³/mol. The molecular formula is C15H14FNO5. The third-order valence-corrected chi connectivity index (χ3v) is 3.77. The number of aromatic carboxylic acids is 1. The van der Waals surface area contributed by atoms with Gasteiger partial charge in [0.25, 0.3) is 0 Å². The maximum Gasteiger partial charge on any atom is 0.341 e. The Balaban J connectivity index is 2.51. The van der Waals surface area contributed by atoms with E-state index >= 15 is 0 Å². The molecule has 2 aromatic rings. The van der Waals surface area contributed by atoms with E-state index in [1.54, 1.807) is 4.57 Å². The summed E-state index contributed by atoms with van der Waals surface area (Å²) in [5.41, 5.74) is -0.774. The highest BCUT2D eigenvalue weighted by Gasteiger charge is 2.30. The first-order valence-electron chi connectivity index (χ1n) is 6.72. The first-order valence-corrected chi connectivity index (χ1v) is 6.72. The second kappa shape index (κ2) is 5.01. The van der Waals surface area contributed by atoms with Crippen molar-refractivity contribution in [1.82, 2.24) is 4.57 Å². The molecule has 1 heterocycles. The standard InChI is InChI=1S/C15H14FNO5/c1-21-10-5-8-12(14(22-2)11(10)16)17(7-3-4-7)6-9(13(8)18)15(19)20/h5-7H,3-4H2,1-2H3,(H,19,20). The van der Waals surface area contributed by atoms with Crippen molar-refractivity contribution in [2.45, 2.75) is 18.9 Å². The third kappa shape index (κ3) is 2.01. The average Bonchev–Trinajstić information content (AvgIpc) is 3.31. The monoisotopic (exact) mass is 307 g/mol. The lowest BCUT2D eigenvalue weighted by atomic mass is 10.1. The molecule has 0 unspecified atom stereocenters. The van der Waals surface area contributed by atoms with Gasteiger partial charge in [-0.05, 0) is 18.9 Å². The Hall–Kier alpha value is -2.57. The van der Waals surface area contributed by atoms with Gasteiger partial charge in [0.05, 0.1) is 25.1 Å². The number of nitrogens with zero attached hydrogens (tertiary/aromatic N) is 1. The molecule has 1 aliphatic rings. The van der Waals surface area contributed by atoms with Gasteiger partial charge in [-0.2, -0.15) is 4.39 Å². The zero-order valence-corrected chi connectivity index (χ0v) is 12.1. The maximum atomic E-state index is 14.4. The van der Waals surface area contributed by atoms with Crippen molar-refractivity contribution in [2.24, 2.45) is 0 Å². The predicted octanol–water partition coefficient (Wildman–Crippen LogP) is 2.19. The highest BCUT2D eigenvalue weighted by atomic mass is 19.1. The van der Waals surface area contributed by atoms with Crippen LogP contribution in [0.1, 0.15) is 29.2 Å². The average molecular weight is 307 g/mol. The normalized spacial score (nSPS) is 14.1. The van der Waals surface area contributed by atoms with Gasteiger partial charge in [-0.15, -0.1) is 0 Å². The lowest BCUT2D eigenvalue weighted by Gasteiger charge is -2.16. The Kier molecular flexibility index (Phi) is 3.27. The van der Waals surface area contributed by atoms with Crippen LogP contribution in [0.15, 0.2) is 17.1 Å². The summed E-state index contributed by atoms with van der Waals surface area (Å²) in [5, 5.41) is 9.28. The summed E-state index contributed by atoms with van der Waals surface area (Å²) in [6.07, 6.45) is 2.95. The molecule has 22 heavy (non-hydrogen) atoms. The molecule has 0 aliphatic heterocycles. The lowest BCUT2D eigenvalue weighted by Crippen LogP contribution is -2.19. The van der Waals surface area contributed by atoms with E-state index in [1.165, 1.54) is 26.5 Å². The van der Waals surface area contributed by atoms with E-state index in [4.69, 9.17) is 9.47 Å². The summed E-state index contributed by atoms with van der Waals surface area (Å²) in [5.74, 6) is -2.31. The van der Waals surface area contributed by atoms with E-state index in [9.17, 15) is 19.1 Å². The van der Waals surface area contributed by atoms with Crippen LogP contribution in [0.4, 0.5) is 4.39 Å². The number of ether oxygens (including phenoxy) is 2. The number of methoxy groups -OCH3 is 2. The SMILES string of the molecule is COc1cc2c(=O)c(C(=O)O)cn(C3CC3)c2c(OC)c1F. The number of hydrogen-bond acceptors (Lipinski definition) is 4. The largest absolute Gasteiger partial charge is 0.494 e. The summed E-state index contributed by atoms with van der Waals surface area (Å²) in [6.45, 7) is 0. The van der Waals surface area contributed by atoms with Crippen molar-refractivity contribution < 1.29 is 23.8 Å². The summed E-state index contributed by atoms with van der Waals surface area (Å²) in [7, 11) is 2.56. The van der Waals surface area contributed by atoms with Gasteiger partial charge in [0.1, 0.15) is 5.56 Å². The van der Waals surface area contributed by atoms with Gasteiger partial charge in [0, 0.05) is 12.2 Å². The van der Waals surface area contributed by atoms with Crippen molar-refractivity contribution in [1.29, 1.82) is 0 Å². The van der Waals surface area contributed by atoms with Crippen LogP contribution < -0.4 is 14.9 Å². The third-order valence-electron chi connectivity index (χ3n) is 3.77. The Morgan fingerprint density at radius 3 is 2.55 bits per heavy atom. The summed E-state index contributed by atoms with van der Waals surface area (Å²) < 4.78 is 26.0. The molecule has 1 aliphatic carbocycles. The molecular weight excluding hydrogens is 293 g/mol. The molecule has 7 heteroatoms. The number of pyridine rings is 1. The lowest BCUT2D eigenvalue weighted by molar-refractivity contribution is 0.0695. The van der Waals surface area contributed by atoms with Crippen molar-refractivity contribution in [3.63, 3.8) is 0 Å². The van der Waals surface area contributed by atoms with Crippen molar-refractivity contribution in [2.75, 3.05) is 14.2 Å². The smallest absolute Gasteiger partial charge is 0.341 e. The highest BCUT2D eigenvalue weighted by molar-refractivity contribution is 5.95. The Labute approximate surface area is 124 Å². The molecule has 1 fully saturated rings. The van der Waals surface area contributed by atoms with E-state index < -0.39 is 17.2 Å². The zero-order chi connectivity index (χ0) is 16.0. The van der Waals surface area contributed by atoms with Gasteiger partial charge >= 0.3 is 5.97 Å². The molecule has 1 saturated carbocycles. The van der Waals surface area contributed by atoms with Crippen LogP contribution in [-0.2, 0) is 0 Å². The van der Waals surface area contributed by atoms with E-state index in [0.717, 1.165) is 12.8 Å². The van der Waals surface area contributed by atoms with E-state index in [0.29, 0.717) is 0 Å². The van der Waals surface area contributed by atoms with Gasteiger partial charge in [-0.1, -0.05) is 0 Å². The van der Waals surface area contributed by atoms with E-state index in [1.807, 2.05) is 0 Å². The van der Waals surface area contributed by atoms with Crippen LogP contribution in [0.2, 0.25) is 0 Å². The van der Waals surface area contributed by atoms with Crippen LogP contribution in [0.5, 0.6) is 11.5 Å². The number of fused-ring (bicyclic) bond motifs is 1. The van der Waals surface area contributed by atoms with E-state index in [-0.39, 0.29) is 34.0 Å². The van der Waals surface area contributed by atoms with Crippen LogP contribution in [-0.4, -0.2) is 29.9 Å². The molecule has 1 N–H and O–H groups in total. The Morgan fingerprint density at radius 2 is 2.05 bits per heavy atom. The van der Waals surface area contributed by atoms with Crippen molar-refractivity contribution in [3.05, 3.63) is 33.9 Å². The fraction of sp³-hybridized carbons (Fsp3) is 0.333. The Bertz CT molecular complexity index is 838. The van der Waals surface area contributed by atoms with Gasteiger partial charge in [0.15, 0.2) is 11.5 Å². The Morgan fingerprint density at radius 1 is 1.36 bits per heavy atom. The second-order valence-electron chi connectivity index (χ2n) is 5.14. The van der Waals surface area contributed by atoms with Gasteiger partial charge < -0.3 is 19.1 Å². The van der Waals surface area contributed by atoms with Crippen LogP contribution >= 0.6 is 0 Å². The number of aromatic nitrogens is 1. The molecule has 116 valence electrons. The van der Waals surface area contributed by atoms with Crippen molar-refractivity contribution >= 4 is 16.9 Å². The van der Waals surface area contributed by atoms with Crippen molar-refractivity contribution in [3.8, 4) is 11.5 Å². The minimum absolute atomic E-state index is 0.0443. The molecule has 1 aromatic carbocycles. The van der Waals surface area contributed by atoms with Crippen LogP contribution in [0.25, 0.3) is 10.9 Å². The number of carboxylic acids is 1. The fourth-order valence-corrected chi connectivity index (χ4v) is 2.57. The number of hydrogen-bond donors (Lipinski definition) is 1. The molecule has 1 aromatic heterocycles. The van der Waals surface area contributed by atoms with Gasteiger partial charge in [-0.3, -0.25) is 4.79 Å². The maximum absolute atomic E-state index is 14.4. The van der Waals surface area contributed by atoms with Gasteiger partial charge in [-0.25, -0.2) is 4.79 Å². The zero-order valence-electron chi connectivity index (χ0n) is 12.1. The number of benzene rings is 1. The van der Waals surface area contributed by atoms with Crippen LogP contribution in [0, 0.1) is 5.82 Å². The highest BCUT2D eigenvalue weighted by Crippen LogP contribution is 2.41. The molecule has 0 amide bonds. The first-order chi connectivity index (χ1) is 10.5. The number of carbonyl (C=O) groups is 1. The molecule has 0 bridgehead atoms. The quantitative estimate of drug-likeness (QED) is 0.937. The molecule has 0 spiro atoms. The molecule has 0 radical (unpaired) electrons. The van der Waals surface area contributed by atoms with Crippen LogP contribution in [0.3, 0.4) is 0 Å². The molecule has 0 atom stereocenters. The molecule has 6 nitrogen and oxygen atoms in total. The number of carboxylic acid groups (broad SMARTS) is 1. The van der Waals surface area contributed by atoms with Gasteiger partial charge in [0.2, 0.25) is 11.2 Å². The molecule has 3 rings (SSSR count). The second-order valence-corrected chi connectivity index (χ2v) is 5.14. The summed E-state index contributed by atoms with van der Waals surface area (Å²) in [4.78, 5) is 23.7. The first kappa shape index (κ1) is 14.4. The minimum atomic E-state index is -1.32. The van der Waals surface area contributed by atoms with E-state index in [2.05, 4.69) is 0 Å². The fourth-order valence-electron chi connectivity index (χ4n) is 2.57.